The Morgan fingerprint density at radius 3 is 2.40 bits per heavy atom. The van der Waals surface area contributed by atoms with Gasteiger partial charge < -0.3 is 5.32 Å². The van der Waals surface area contributed by atoms with Crippen molar-refractivity contribution in [2.24, 2.45) is 5.92 Å². The first-order chi connectivity index (χ1) is 12.1. The normalized spacial score (nSPS) is 10.5. The van der Waals surface area contributed by atoms with Crippen LogP contribution in [0.15, 0.2) is 55.0 Å². The minimum Gasteiger partial charge on any atom is -0.324 e. The predicted octanol–water partition coefficient (Wildman–Crippen LogP) is 4.35. The average Bonchev–Trinajstić information content (AvgIpc) is 2.63. The summed E-state index contributed by atoms with van der Waals surface area (Å²) in [5.41, 5.74) is 4.29. The molecule has 0 spiro atoms. The summed E-state index contributed by atoms with van der Waals surface area (Å²) in [5.74, 6) is 1.17. The zero-order valence-corrected chi connectivity index (χ0v) is 14.3. The highest BCUT2D eigenvalue weighted by molar-refractivity contribution is 5.60. The number of aromatic nitrogens is 3. The Labute approximate surface area is 147 Å². The molecule has 0 saturated carbocycles. The first kappa shape index (κ1) is 16.6. The number of nitriles is 1. The largest absolute Gasteiger partial charge is 0.324 e. The van der Waals surface area contributed by atoms with Gasteiger partial charge in [0.2, 0.25) is 5.95 Å². The summed E-state index contributed by atoms with van der Waals surface area (Å²) < 4.78 is 0. The molecule has 0 atom stereocenters. The van der Waals surface area contributed by atoms with Gasteiger partial charge in [-0.15, -0.1) is 0 Å². The predicted molar refractivity (Wildman–Crippen MR) is 98.2 cm³/mol. The van der Waals surface area contributed by atoms with E-state index in [-0.39, 0.29) is 0 Å². The summed E-state index contributed by atoms with van der Waals surface area (Å²) in [6, 6.07) is 13.8. The molecule has 0 amide bonds. The molecule has 5 heteroatoms. The highest BCUT2D eigenvalue weighted by Gasteiger charge is 2.04. The van der Waals surface area contributed by atoms with Gasteiger partial charge in [-0.2, -0.15) is 5.26 Å². The molecular formula is C20H19N5. The third-order valence-electron chi connectivity index (χ3n) is 3.69. The van der Waals surface area contributed by atoms with Crippen LogP contribution in [-0.2, 0) is 6.42 Å². The van der Waals surface area contributed by atoms with Crippen LogP contribution in [0.25, 0.3) is 11.3 Å². The second-order valence-corrected chi connectivity index (χ2v) is 6.26. The molecule has 0 aliphatic rings. The second kappa shape index (κ2) is 7.54. The average molecular weight is 329 g/mol. The molecule has 2 heterocycles. The van der Waals surface area contributed by atoms with Gasteiger partial charge in [0.1, 0.15) is 0 Å². The number of rotatable bonds is 5. The van der Waals surface area contributed by atoms with E-state index in [1.54, 1.807) is 30.7 Å². The van der Waals surface area contributed by atoms with Crippen LogP contribution in [0.5, 0.6) is 0 Å². The number of nitrogens with one attached hydrogen (secondary N) is 1. The van der Waals surface area contributed by atoms with E-state index in [1.807, 2.05) is 12.1 Å². The van der Waals surface area contributed by atoms with E-state index in [1.165, 1.54) is 5.56 Å². The maximum absolute atomic E-state index is 8.97. The van der Waals surface area contributed by atoms with E-state index < -0.39 is 0 Å². The minimum absolute atomic E-state index is 0.525. The van der Waals surface area contributed by atoms with E-state index >= 15 is 0 Å². The van der Waals surface area contributed by atoms with E-state index in [4.69, 9.17) is 5.26 Å². The van der Waals surface area contributed by atoms with Crippen molar-refractivity contribution in [2.45, 2.75) is 20.3 Å². The van der Waals surface area contributed by atoms with E-state index in [0.29, 0.717) is 23.1 Å². The van der Waals surface area contributed by atoms with Crippen molar-refractivity contribution in [3.63, 3.8) is 0 Å². The summed E-state index contributed by atoms with van der Waals surface area (Å²) in [6.45, 7) is 4.42. The Kier molecular flexibility index (Phi) is 5.00. The molecule has 0 aliphatic carbocycles. The van der Waals surface area contributed by atoms with Crippen LogP contribution in [-0.4, -0.2) is 15.0 Å². The lowest BCUT2D eigenvalue weighted by Gasteiger charge is -2.08. The summed E-state index contributed by atoms with van der Waals surface area (Å²) in [5, 5.41) is 12.2. The molecule has 1 N–H and O–H groups in total. The van der Waals surface area contributed by atoms with Gasteiger partial charge >= 0.3 is 0 Å². The van der Waals surface area contributed by atoms with Crippen LogP contribution >= 0.6 is 0 Å². The molecule has 0 bridgehead atoms. The Morgan fingerprint density at radius 2 is 1.76 bits per heavy atom. The summed E-state index contributed by atoms with van der Waals surface area (Å²) >= 11 is 0. The lowest BCUT2D eigenvalue weighted by Crippen LogP contribution is -1.98. The summed E-state index contributed by atoms with van der Waals surface area (Å²) in [7, 11) is 0. The molecule has 0 fully saturated rings. The smallest absolute Gasteiger partial charge is 0.227 e. The van der Waals surface area contributed by atoms with Gasteiger partial charge in [0.25, 0.3) is 0 Å². The SMILES string of the molecule is CC(C)Cc1ccc(Nc2ncc(-c3cc(C#N)ccn3)cn2)cc1. The summed E-state index contributed by atoms with van der Waals surface area (Å²) in [6.07, 6.45) is 6.08. The zero-order chi connectivity index (χ0) is 17.6. The van der Waals surface area contributed by atoms with Gasteiger partial charge in [-0.05, 0) is 42.2 Å². The first-order valence-corrected chi connectivity index (χ1v) is 8.18. The van der Waals surface area contributed by atoms with Crippen LogP contribution in [0.1, 0.15) is 25.0 Å². The molecule has 1 aromatic carbocycles. The van der Waals surface area contributed by atoms with Gasteiger partial charge in [0.05, 0.1) is 17.3 Å². The molecule has 3 aromatic rings. The molecule has 3 rings (SSSR count). The van der Waals surface area contributed by atoms with E-state index in [2.05, 4.69) is 52.3 Å². The Morgan fingerprint density at radius 1 is 1.04 bits per heavy atom. The van der Waals surface area contributed by atoms with E-state index in [9.17, 15) is 0 Å². The lowest BCUT2D eigenvalue weighted by atomic mass is 10.0. The summed E-state index contributed by atoms with van der Waals surface area (Å²) in [4.78, 5) is 12.9. The molecular weight excluding hydrogens is 310 g/mol. The van der Waals surface area contributed by atoms with Crippen molar-refractivity contribution in [1.82, 2.24) is 15.0 Å². The molecule has 0 aliphatic heterocycles. The fraction of sp³-hybridized carbons (Fsp3) is 0.200. The lowest BCUT2D eigenvalue weighted by molar-refractivity contribution is 0.647. The number of pyridine rings is 1. The fourth-order valence-electron chi connectivity index (χ4n) is 2.51. The monoisotopic (exact) mass is 329 g/mol. The Hall–Kier alpha value is -3.26. The minimum atomic E-state index is 0.525. The number of hydrogen-bond donors (Lipinski definition) is 1. The standard InChI is InChI=1S/C20H19N5/c1-14(2)9-15-3-5-18(6-4-15)25-20-23-12-17(13-24-20)19-10-16(11-21)7-8-22-19/h3-8,10,12-14H,9H2,1-2H3,(H,23,24,25). The van der Waals surface area contributed by atoms with Crippen molar-refractivity contribution >= 4 is 11.6 Å². The van der Waals surface area contributed by atoms with Crippen molar-refractivity contribution in [3.05, 3.63) is 66.1 Å². The van der Waals surface area contributed by atoms with Crippen LogP contribution in [0, 0.1) is 17.2 Å². The third kappa shape index (κ3) is 4.39. The molecule has 2 aromatic heterocycles. The van der Waals surface area contributed by atoms with Crippen molar-refractivity contribution < 1.29 is 0 Å². The number of benzene rings is 1. The van der Waals surface area contributed by atoms with Crippen molar-refractivity contribution in [1.29, 1.82) is 5.26 Å². The zero-order valence-electron chi connectivity index (χ0n) is 14.3. The number of hydrogen-bond acceptors (Lipinski definition) is 5. The Balaban J connectivity index is 1.71. The quantitative estimate of drug-likeness (QED) is 0.753. The molecule has 0 unspecified atom stereocenters. The molecule has 0 saturated heterocycles. The number of nitrogens with zero attached hydrogens (tertiary/aromatic N) is 4. The number of anilines is 2. The van der Waals surface area contributed by atoms with Gasteiger partial charge in [0.15, 0.2) is 0 Å². The molecule has 124 valence electrons. The highest BCUT2D eigenvalue weighted by Crippen LogP contribution is 2.19. The maximum Gasteiger partial charge on any atom is 0.227 e. The molecule has 25 heavy (non-hydrogen) atoms. The maximum atomic E-state index is 8.97. The highest BCUT2D eigenvalue weighted by atomic mass is 15.1. The third-order valence-corrected chi connectivity index (χ3v) is 3.69. The van der Waals surface area contributed by atoms with Crippen molar-refractivity contribution in [3.8, 4) is 17.3 Å². The van der Waals surface area contributed by atoms with Crippen LogP contribution < -0.4 is 5.32 Å². The van der Waals surface area contributed by atoms with Crippen molar-refractivity contribution in [2.75, 3.05) is 5.32 Å². The van der Waals surface area contributed by atoms with Gasteiger partial charge in [-0.1, -0.05) is 26.0 Å². The van der Waals surface area contributed by atoms with Crippen LogP contribution in [0.3, 0.4) is 0 Å². The molecule has 5 nitrogen and oxygen atoms in total. The Bertz CT molecular complexity index is 877. The first-order valence-electron chi connectivity index (χ1n) is 8.18. The van der Waals surface area contributed by atoms with Gasteiger partial charge in [-0.3, -0.25) is 4.98 Å². The molecule has 0 radical (unpaired) electrons. The fourth-order valence-corrected chi connectivity index (χ4v) is 2.51. The van der Waals surface area contributed by atoms with Crippen LogP contribution in [0.4, 0.5) is 11.6 Å². The van der Waals surface area contributed by atoms with Gasteiger partial charge in [0, 0.05) is 29.8 Å². The van der Waals surface area contributed by atoms with Crippen LogP contribution in [0.2, 0.25) is 0 Å². The second-order valence-electron chi connectivity index (χ2n) is 6.26. The van der Waals surface area contributed by atoms with E-state index in [0.717, 1.165) is 17.7 Å². The van der Waals surface area contributed by atoms with Gasteiger partial charge in [-0.25, -0.2) is 9.97 Å². The topological polar surface area (TPSA) is 74.5 Å².